The average molecular weight is 356 g/mol. The van der Waals surface area contributed by atoms with Crippen molar-refractivity contribution in [2.75, 3.05) is 18.1 Å². The van der Waals surface area contributed by atoms with Crippen molar-refractivity contribution in [2.45, 2.75) is 32.4 Å². The lowest BCUT2D eigenvalue weighted by Crippen LogP contribution is -2.43. The summed E-state index contributed by atoms with van der Waals surface area (Å²) in [5.41, 5.74) is 0.981. The summed E-state index contributed by atoms with van der Waals surface area (Å²) in [5.74, 6) is 3.71. The number of thioether (sulfide) groups is 1. The number of carbonyl (C=O) groups is 1. The van der Waals surface area contributed by atoms with Crippen LogP contribution in [0.15, 0.2) is 47.5 Å². The van der Waals surface area contributed by atoms with Crippen LogP contribution in [0.2, 0.25) is 0 Å². The zero-order valence-electron chi connectivity index (χ0n) is 14.7. The Morgan fingerprint density at radius 3 is 2.80 bits per heavy atom. The van der Waals surface area contributed by atoms with Gasteiger partial charge in [0.2, 0.25) is 0 Å². The summed E-state index contributed by atoms with van der Waals surface area (Å²) in [6.45, 7) is 4.64. The fourth-order valence-corrected chi connectivity index (χ4v) is 4.15. The lowest BCUT2D eigenvalue weighted by Gasteiger charge is -2.26. The number of amides is 1. The van der Waals surface area contributed by atoms with Crippen LogP contribution in [0, 0.1) is 0 Å². The highest BCUT2D eigenvalue weighted by atomic mass is 32.2. The molecular weight excluding hydrogens is 332 g/mol. The highest BCUT2D eigenvalue weighted by Gasteiger charge is 2.30. The molecule has 0 spiro atoms. The van der Waals surface area contributed by atoms with Crippen molar-refractivity contribution in [1.29, 1.82) is 0 Å². The molecule has 2 aliphatic rings. The highest BCUT2D eigenvalue weighted by Crippen LogP contribution is 2.25. The van der Waals surface area contributed by atoms with Crippen LogP contribution < -0.4 is 4.74 Å². The lowest BCUT2D eigenvalue weighted by atomic mass is 10.1. The van der Waals surface area contributed by atoms with Gasteiger partial charge in [-0.3, -0.25) is 14.7 Å². The first kappa shape index (κ1) is 17.8. The molecule has 0 N–H and O–H groups in total. The van der Waals surface area contributed by atoms with Crippen molar-refractivity contribution in [3.05, 3.63) is 48.1 Å². The molecule has 132 valence electrons. The van der Waals surface area contributed by atoms with Gasteiger partial charge in [0.1, 0.15) is 11.6 Å². The molecule has 0 aliphatic carbocycles. The molecule has 0 radical (unpaired) electrons. The number of ether oxygens (including phenoxy) is 1. The maximum absolute atomic E-state index is 12.9. The van der Waals surface area contributed by atoms with Crippen LogP contribution in [-0.2, 0) is 4.79 Å². The summed E-state index contributed by atoms with van der Waals surface area (Å²) < 4.78 is 5.44. The Bertz CT molecular complexity index is 688. The fourth-order valence-electron chi connectivity index (χ4n) is 2.96. The monoisotopic (exact) mass is 356 g/mol. The Hall–Kier alpha value is -2.01. The highest BCUT2D eigenvalue weighted by molar-refractivity contribution is 7.99. The number of hydrogen-bond acceptors (Lipinski definition) is 4. The van der Waals surface area contributed by atoms with Crippen LogP contribution >= 0.6 is 11.8 Å². The van der Waals surface area contributed by atoms with Gasteiger partial charge in [0.15, 0.2) is 0 Å². The Labute approximate surface area is 153 Å². The van der Waals surface area contributed by atoms with E-state index in [0.717, 1.165) is 35.1 Å². The topological polar surface area (TPSA) is 41.9 Å². The maximum Gasteiger partial charge on any atom is 0.252 e. The summed E-state index contributed by atoms with van der Waals surface area (Å²) in [6.07, 6.45) is 8.53. The van der Waals surface area contributed by atoms with Crippen LogP contribution in [0.25, 0.3) is 6.08 Å². The van der Waals surface area contributed by atoms with E-state index >= 15 is 0 Å². The minimum absolute atomic E-state index is 0.00103. The van der Waals surface area contributed by atoms with Gasteiger partial charge in [-0.25, -0.2) is 0 Å². The second kappa shape index (κ2) is 8.39. The standard InChI is InChI=1S/C20H24N2O2S/c1-3-24-18-8-5-16(6-9-18)7-11-20(23)22(17-12-13-25-14-17)19-10-4-15(2)21-19/h4-11,15,17H,3,12-14H2,1-2H3/b11-7+. The number of benzene rings is 1. The van der Waals surface area contributed by atoms with Crippen LogP contribution in [0.1, 0.15) is 25.8 Å². The first-order valence-electron chi connectivity index (χ1n) is 8.75. The van der Waals surface area contributed by atoms with E-state index in [1.54, 1.807) is 6.08 Å². The summed E-state index contributed by atoms with van der Waals surface area (Å²) >= 11 is 1.90. The van der Waals surface area contributed by atoms with Gasteiger partial charge < -0.3 is 4.74 Å². The molecule has 2 unspecified atom stereocenters. The van der Waals surface area contributed by atoms with Crippen molar-refractivity contribution in [3.8, 4) is 5.75 Å². The second-order valence-corrected chi connectivity index (χ2v) is 7.30. The van der Waals surface area contributed by atoms with Crippen molar-refractivity contribution in [3.63, 3.8) is 0 Å². The van der Waals surface area contributed by atoms with E-state index in [2.05, 4.69) is 4.99 Å². The number of hydrogen-bond donors (Lipinski definition) is 0. The van der Waals surface area contributed by atoms with Crippen molar-refractivity contribution in [1.82, 2.24) is 4.90 Å². The molecule has 2 aliphatic heterocycles. The van der Waals surface area contributed by atoms with Crippen molar-refractivity contribution >= 4 is 29.6 Å². The number of nitrogens with zero attached hydrogens (tertiary/aromatic N) is 2. The third-order valence-corrected chi connectivity index (χ3v) is 5.37. The zero-order valence-corrected chi connectivity index (χ0v) is 15.5. The van der Waals surface area contributed by atoms with E-state index in [4.69, 9.17) is 4.74 Å². The normalized spacial score (nSPS) is 22.4. The summed E-state index contributed by atoms with van der Waals surface area (Å²) in [6, 6.07) is 8.14. The van der Waals surface area contributed by atoms with Crippen LogP contribution in [0.5, 0.6) is 5.75 Å². The van der Waals surface area contributed by atoms with E-state index in [1.807, 2.05) is 73.0 Å². The van der Waals surface area contributed by atoms with Gasteiger partial charge in [0.25, 0.3) is 5.91 Å². The van der Waals surface area contributed by atoms with Crippen molar-refractivity contribution < 1.29 is 9.53 Å². The van der Waals surface area contributed by atoms with Gasteiger partial charge >= 0.3 is 0 Å². The number of aliphatic imine (C=N–C) groups is 1. The number of rotatable bonds is 5. The molecule has 1 saturated heterocycles. The van der Waals surface area contributed by atoms with E-state index in [1.165, 1.54) is 0 Å². The molecular formula is C20H24N2O2S. The zero-order chi connectivity index (χ0) is 17.6. The van der Waals surface area contributed by atoms with Gasteiger partial charge in [-0.1, -0.05) is 18.2 Å². The number of amidine groups is 1. The molecule has 0 bridgehead atoms. The molecule has 5 heteroatoms. The van der Waals surface area contributed by atoms with Gasteiger partial charge in [-0.15, -0.1) is 0 Å². The largest absolute Gasteiger partial charge is 0.494 e. The predicted molar refractivity (Wildman–Crippen MR) is 105 cm³/mol. The van der Waals surface area contributed by atoms with E-state index in [0.29, 0.717) is 6.61 Å². The van der Waals surface area contributed by atoms with Gasteiger partial charge in [0, 0.05) is 17.9 Å². The Balaban J connectivity index is 1.73. The molecule has 2 atom stereocenters. The second-order valence-electron chi connectivity index (χ2n) is 6.15. The maximum atomic E-state index is 12.9. The molecule has 0 aromatic heterocycles. The van der Waals surface area contributed by atoms with Gasteiger partial charge in [-0.2, -0.15) is 11.8 Å². The minimum Gasteiger partial charge on any atom is -0.494 e. The number of carbonyl (C=O) groups excluding carboxylic acids is 1. The molecule has 1 aromatic carbocycles. The summed E-state index contributed by atoms with van der Waals surface area (Å²) in [7, 11) is 0. The summed E-state index contributed by atoms with van der Waals surface area (Å²) in [4.78, 5) is 19.3. The SMILES string of the molecule is CCOc1ccc(/C=C/C(=O)N(C2=NC(C)C=C2)C2CCSC2)cc1. The van der Waals surface area contributed by atoms with Gasteiger partial charge in [0.05, 0.1) is 12.6 Å². The molecule has 3 rings (SSSR count). The molecule has 1 aromatic rings. The Kier molecular flexibility index (Phi) is 5.97. The lowest BCUT2D eigenvalue weighted by molar-refractivity contribution is -0.123. The smallest absolute Gasteiger partial charge is 0.252 e. The quantitative estimate of drug-likeness (QED) is 0.754. The van der Waals surface area contributed by atoms with Crippen LogP contribution in [0.3, 0.4) is 0 Å². The molecule has 2 heterocycles. The minimum atomic E-state index is -0.00103. The molecule has 4 nitrogen and oxygen atoms in total. The fraction of sp³-hybridized carbons (Fsp3) is 0.400. The summed E-state index contributed by atoms with van der Waals surface area (Å²) in [5, 5.41) is 0. The van der Waals surface area contributed by atoms with Crippen LogP contribution in [0.4, 0.5) is 0 Å². The van der Waals surface area contributed by atoms with E-state index in [9.17, 15) is 4.79 Å². The predicted octanol–water partition coefficient (Wildman–Crippen LogP) is 3.79. The first-order chi connectivity index (χ1) is 12.2. The molecule has 0 saturated carbocycles. The Morgan fingerprint density at radius 1 is 1.40 bits per heavy atom. The van der Waals surface area contributed by atoms with Crippen LogP contribution in [-0.4, -0.2) is 46.8 Å². The molecule has 25 heavy (non-hydrogen) atoms. The molecule has 1 fully saturated rings. The van der Waals surface area contributed by atoms with E-state index in [-0.39, 0.29) is 18.0 Å². The van der Waals surface area contributed by atoms with Gasteiger partial charge in [-0.05, 0) is 55.9 Å². The van der Waals surface area contributed by atoms with E-state index < -0.39 is 0 Å². The third kappa shape index (κ3) is 4.54. The molecule has 1 amide bonds. The third-order valence-electron chi connectivity index (χ3n) is 4.22. The first-order valence-corrected chi connectivity index (χ1v) is 9.90. The average Bonchev–Trinajstić information content (AvgIpc) is 3.27. The van der Waals surface area contributed by atoms with Crippen molar-refractivity contribution in [2.24, 2.45) is 4.99 Å². The Morgan fingerprint density at radius 2 is 2.20 bits per heavy atom.